The quantitative estimate of drug-likeness (QED) is 0.0222. The van der Waals surface area contributed by atoms with Gasteiger partial charge in [0.2, 0.25) is 0 Å². The summed E-state index contributed by atoms with van der Waals surface area (Å²) in [7, 11) is -9.88. The van der Waals surface area contributed by atoms with E-state index >= 15 is 0 Å². The number of phosphoric acid groups is 2. The molecule has 0 bridgehead atoms. The number of esters is 4. The molecule has 0 heterocycles. The lowest BCUT2D eigenvalue weighted by atomic mass is 10.0. The summed E-state index contributed by atoms with van der Waals surface area (Å²) in [4.78, 5) is 72.2. The second-order valence-corrected chi connectivity index (χ2v) is 26.9. The molecule has 0 spiro atoms. The summed E-state index contributed by atoms with van der Waals surface area (Å²) >= 11 is 0. The molecule has 0 aromatic rings. The number of aliphatic hydroxyl groups is 1. The Bertz CT molecular complexity index is 1640. The van der Waals surface area contributed by atoms with Crippen LogP contribution in [0.4, 0.5) is 0 Å². The van der Waals surface area contributed by atoms with Crippen molar-refractivity contribution in [1.29, 1.82) is 0 Å². The van der Waals surface area contributed by atoms with Crippen LogP contribution < -0.4 is 0 Å². The van der Waals surface area contributed by atoms with Gasteiger partial charge in [-0.05, 0) is 31.6 Å². The maximum atomic E-state index is 13.0. The number of carbonyl (C=O) groups is 4. The summed E-state index contributed by atoms with van der Waals surface area (Å²) in [5.74, 6) is -1.41. The van der Waals surface area contributed by atoms with Crippen molar-refractivity contribution in [3.05, 3.63) is 0 Å². The van der Waals surface area contributed by atoms with Crippen LogP contribution in [-0.2, 0) is 65.4 Å². The van der Waals surface area contributed by atoms with Gasteiger partial charge in [-0.1, -0.05) is 279 Å². The monoisotopic (exact) mass is 1240 g/mol. The van der Waals surface area contributed by atoms with E-state index in [1.54, 1.807) is 0 Å². The van der Waals surface area contributed by atoms with Gasteiger partial charge in [0.05, 0.1) is 26.4 Å². The van der Waals surface area contributed by atoms with Gasteiger partial charge in [-0.3, -0.25) is 37.3 Å². The van der Waals surface area contributed by atoms with Crippen LogP contribution in [-0.4, -0.2) is 96.7 Å². The first kappa shape index (κ1) is 82.1. The maximum Gasteiger partial charge on any atom is 0.472 e. The van der Waals surface area contributed by atoms with Crippen LogP contribution >= 0.6 is 15.6 Å². The number of ether oxygens (including phenoxy) is 4. The highest BCUT2D eigenvalue weighted by atomic mass is 31.2. The molecule has 0 fully saturated rings. The zero-order chi connectivity index (χ0) is 62.0. The molecule has 0 aliphatic carbocycles. The Morgan fingerprint density at radius 2 is 0.548 bits per heavy atom. The molecule has 17 nitrogen and oxygen atoms in total. The second-order valence-electron chi connectivity index (χ2n) is 24.0. The van der Waals surface area contributed by atoms with Crippen LogP contribution in [0.15, 0.2) is 0 Å². The van der Waals surface area contributed by atoms with Crippen LogP contribution in [0.3, 0.4) is 0 Å². The molecule has 84 heavy (non-hydrogen) atoms. The number of hydrogen-bond donors (Lipinski definition) is 3. The van der Waals surface area contributed by atoms with Crippen molar-refractivity contribution < 1.29 is 80.2 Å². The van der Waals surface area contributed by atoms with Crippen molar-refractivity contribution in [3.8, 4) is 0 Å². The van der Waals surface area contributed by atoms with E-state index in [9.17, 15) is 43.2 Å². The van der Waals surface area contributed by atoms with E-state index in [0.717, 1.165) is 109 Å². The van der Waals surface area contributed by atoms with Crippen molar-refractivity contribution in [2.75, 3.05) is 39.6 Å². The van der Waals surface area contributed by atoms with E-state index in [2.05, 4.69) is 34.6 Å². The van der Waals surface area contributed by atoms with Crippen LogP contribution in [0.1, 0.15) is 330 Å². The minimum atomic E-state index is -4.94. The lowest BCUT2D eigenvalue weighted by molar-refractivity contribution is -0.161. The molecule has 0 radical (unpaired) electrons. The van der Waals surface area contributed by atoms with E-state index < -0.39 is 97.5 Å². The highest BCUT2D eigenvalue weighted by Crippen LogP contribution is 2.45. The number of unbranched alkanes of at least 4 members (excludes halogenated alkanes) is 37. The lowest BCUT2D eigenvalue weighted by Crippen LogP contribution is -2.30. The fourth-order valence-electron chi connectivity index (χ4n) is 9.76. The van der Waals surface area contributed by atoms with Crippen molar-refractivity contribution in [2.24, 2.45) is 5.92 Å². The van der Waals surface area contributed by atoms with Crippen molar-refractivity contribution in [2.45, 2.75) is 348 Å². The summed E-state index contributed by atoms with van der Waals surface area (Å²) in [5, 5.41) is 10.5. The SMILES string of the molecule is CCCCCCCCCCCCCCCCCC(=O)O[C@H](COC(=O)CCCCCCCCCCC(C)C)COP(=O)(O)OC[C@@H](O)COP(=O)(O)OC[C@@H](COC(=O)CCCCCCCCC)OC(=O)CCCCCCCCCCCCC. The first-order chi connectivity index (χ1) is 40.5. The fraction of sp³-hybridized carbons (Fsp3) is 0.938. The summed E-state index contributed by atoms with van der Waals surface area (Å²) in [5.41, 5.74) is 0. The molecule has 0 rings (SSSR count). The van der Waals surface area contributed by atoms with Crippen LogP contribution in [0, 0.1) is 5.92 Å². The van der Waals surface area contributed by atoms with Gasteiger partial charge in [0.25, 0.3) is 0 Å². The van der Waals surface area contributed by atoms with Crippen LogP contribution in [0.5, 0.6) is 0 Å². The third-order valence-corrected chi connectivity index (χ3v) is 16.9. The summed E-state index contributed by atoms with van der Waals surface area (Å²) < 4.78 is 68.0. The van der Waals surface area contributed by atoms with Crippen molar-refractivity contribution in [3.63, 3.8) is 0 Å². The van der Waals surface area contributed by atoms with E-state index in [1.807, 2.05) is 0 Å². The van der Waals surface area contributed by atoms with E-state index in [-0.39, 0.29) is 25.7 Å². The maximum absolute atomic E-state index is 13.0. The predicted octanol–water partition coefficient (Wildman–Crippen LogP) is 18.2. The molecule has 3 N–H and O–H groups in total. The standard InChI is InChI=1S/C65H126O17P2/c1-6-9-12-15-18-20-22-23-24-25-27-29-36-41-46-51-65(70)82-61(55-76-63(68)49-44-39-34-31-30-33-37-42-47-58(4)5)57-80-84(73,74)78-53-59(66)52-77-83(71,72)79-56-60(54-75-62(67)48-43-38-32-17-14-11-8-3)81-64(69)50-45-40-35-28-26-21-19-16-13-10-7-2/h58-61,66H,6-57H2,1-5H3,(H,71,72)(H,73,74)/t59-,60+,61+/m0/s1. The molecule has 0 aromatic heterocycles. The minimum Gasteiger partial charge on any atom is -0.462 e. The van der Waals surface area contributed by atoms with Gasteiger partial charge >= 0.3 is 39.5 Å². The Labute approximate surface area is 511 Å². The summed E-state index contributed by atoms with van der Waals surface area (Å²) in [6.45, 7) is 7.13. The van der Waals surface area contributed by atoms with Gasteiger partial charge in [-0.25, -0.2) is 9.13 Å². The molecule has 498 valence electrons. The van der Waals surface area contributed by atoms with Gasteiger partial charge in [0, 0.05) is 25.7 Å². The molecule has 0 saturated heterocycles. The minimum absolute atomic E-state index is 0.107. The number of rotatable bonds is 65. The van der Waals surface area contributed by atoms with E-state index in [4.69, 9.17) is 37.0 Å². The highest BCUT2D eigenvalue weighted by molar-refractivity contribution is 7.47. The third kappa shape index (κ3) is 59.0. The molecule has 0 saturated carbocycles. The van der Waals surface area contributed by atoms with E-state index in [1.165, 1.54) is 141 Å². The molecule has 5 atom stereocenters. The van der Waals surface area contributed by atoms with Crippen molar-refractivity contribution in [1.82, 2.24) is 0 Å². The van der Waals surface area contributed by atoms with Gasteiger partial charge < -0.3 is 33.8 Å². The van der Waals surface area contributed by atoms with Gasteiger partial charge in [-0.2, -0.15) is 0 Å². The first-order valence-corrected chi connectivity index (χ1v) is 37.1. The molecular weight excluding hydrogens is 1110 g/mol. The zero-order valence-corrected chi connectivity index (χ0v) is 55.8. The molecule has 0 aromatic carbocycles. The van der Waals surface area contributed by atoms with Gasteiger partial charge in [0.1, 0.15) is 19.3 Å². The van der Waals surface area contributed by atoms with Crippen LogP contribution in [0.2, 0.25) is 0 Å². The number of carbonyl (C=O) groups excluding carboxylic acids is 4. The average Bonchev–Trinajstić information content (AvgIpc) is 3.48. The normalized spacial score (nSPS) is 14.2. The fourth-order valence-corrected chi connectivity index (χ4v) is 11.3. The average molecular weight is 1240 g/mol. The Kier molecular flexibility index (Phi) is 57.4. The Morgan fingerprint density at radius 1 is 0.321 bits per heavy atom. The third-order valence-electron chi connectivity index (χ3n) is 15.0. The van der Waals surface area contributed by atoms with Gasteiger partial charge in [-0.15, -0.1) is 0 Å². The van der Waals surface area contributed by atoms with Gasteiger partial charge in [0.15, 0.2) is 12.2 Å². The Morgan fingerprint density at radius 3 is 0.810 bits per heavy atom. The topological polar surface area (TPSA) is 237 Å². The highest BCUT2D eigenvalue weighted by Gasteiger charge is 2.30. The molecule has 0 amide bonds. The summed E-state index contributed by atoms with van der Waals surface area (Å²) in [6, 6.07) is 0. The molecule has 2 unspecified atom stereocenters. The summed E-state index contributed by atoms with van der Waals surface area (Å²) in [6.07, 6.45) is 43.1. The Hall–Kier alpha value is -1.94. The Balaban J connectivity index is 5.21. The molecular formula is C65H126O17P2. The zero-order valence-electron chi connectivity index (χ0n) is 54.0. The van der Waals surface area contributed by atoms with E-state index in [0.29, 0.717) is 25.7 Å². The van der Waals surface area contributed by atoms with Crippen molar-refractivity contribution >= 4 is 39.5 Å². The first-order valence-electron chi connectivity index (χ1n) is 34.1. The second kappa shape index (κ2) is 58.7. The number of phosphoric ester groups is 2. The number of hydrogen-bond acceptors (Lipinski definition) is 15. The lowest BCUT2D eigenvalue weighted by Gasteiger charge is -2.21. The smallest absolute Gasteiger partial charge is 0.462 e. The largest absolute Gasteiger partial charge is 0.472 e. The molecule has 0 aliphatic heterocycles. The predicted molar refractivity (Wildman–Crippen MR) is 335 cm³/mol. The number of aliphatic hydroxyl groups excluding tert-OH is 1. The molecule has 19 heteroatoms. The molecule has 0 aliphatic rings. The van der Waals surface area contributed by atoms with Crippen LogP contribution in [0.25, 0.3) is 0 Å².